The number of esters is 2. The van der Waals surface area contributed by atoms with Crippen molar-refractivity contribution in [3.05, 3.63) is 167 Å². The number of rotatable bonds is 10. The van der Waals surface area contributed by atoms with Gasteiger partial charge in [-0.05, 0) is 67.9 Å². The Balaban J connectivity index is -0.000000782. The van der Waals surface area contributed by atoms with E-state index in [2.05, 4.69) is 29.9 Å². The van der Waals surface area contributed by atoms with Crippen molar-refractivity contribution in [3.8, 4) is 22.5 Å². The molecule has 2 aromatic heterocycles. The minimum Gasteiger partial charge on any atom is -0.870 e. The van der Waals surface area contributed by atoms with Gasteiger partial charge in [-0.25, -0.2) is 31.9 Å². The summed E-state index contributed by atoms with van der Waals surface area (Å²) in [6.07, 6.45) is 6.42. The van der Waals surface area contributed by atoms with Crippen LogP contribution in [0.3, 0.4) is 0 Å². The van der Waals surface area contributed by atoms with E-state index in [0.717, 1.165) is 6.26 Å². The minimum atomic E-state index is -1.16. The van der Waals surface area contributed by atoms with Gasteiger partial charge in [0.25, 0.3) is 0 Å². The van der Waals surface area contributed by atoms with Crippen LogP contribution in [0.4, 0.5) is 22.0 Å². The second-order valence-electron chi connectivity index (χ2n) is 11.9. The molecule has 68 heavy (non-hydrogen) atoms. The van der Waals surface area contributed by atoms with Gasteiger partial charge in [0.1, 0.15) is 58.3 Å². The van der Waals surface area contributed by atoms with Gasteiger partial charge >= 0.3 is 47.5 Å². The van der Waals surface area contributed by atoms with E-state index in [-0.39, 0.29) is 88.5 Å². The Morgan fingerprint density at radius 1 is 0.779 bits per heavy atom. The summed E-state index contributed by atoms with van der Waals surface area (Å²) in [4.78, 5) is 34.7. The second kappa shape index (κ2) is 37.2. The normalized spacial score (nSPS) is 9.97. The molecule has 4 aromatic carbocycles. The summed E-state index contributed by atoms with van der Waals surface area (Å²) in [5, 5.41) is 37.6. The molecule has 6 aromatic rings. The van der Waals surface area contributed by atoms with Gasteiger partial charge in [-0.3, -0.25) is 4.39 Å². The molecule has 23 heteroatoms. The number of carboxylic acids is 1. The van der Waals surface area contributed by atoms with E-state index >= 15 is 0 Å². The first-order chi connectivity index (χ1) is 31.5. The summed E-state index contributed by atoms with van der Waals surface area (Å²) in [6, 6.07) is 22.6. The van der Waals surface area contributed by atoms with Crippen molar-refractivity contribution in [2.24, 2.45) is 10.3 Å². The fraction of sp³-hybridized carbons (Fsp3) is 0.178. The van der Waals surface area contributed by atoms with E-state index in [9.17, 15) is 36.3 Å². The average Bonchev–Trinajstić information content (AvgIpc) is 3.99. The number of oxime groups is 2. The molecule has 0 saturated heterocycles. The maximum atomic E-state index is 13.1. The van der Waals surface area contributed by atoms with Gasteiger partial charge in [0.15, 0.2) is 5.17 Å². The monoisotopic (exact) mass is 988 g/mol. The van der Waals surface area contributed by atoms with Crippen LogP contribution in [0, 0.1) is 23.3 Å². The maximum Gasteiger partial charge on any atom is 1.00 e. The van der Waals surface area contributed by atoms with Crippen molar-refractivity contribution in [1.29, 1.82) is 0 Å². The Morgan fingerprint density at radius 2 is 1.24 bits per heavy atom. The predicted octanol–water partition coefficient (Wildman–Crippen LogP) is 7.34. The SMILES string of the molecule is C.CCOC(=O)C=CN(C)C.CCOC(=O)c1conc1-c1cccc(F)c1.O/N=C(\Cl)c1cccc(F)c1.O/N=C/c1cccc(F)c1.O=C(O)c1conc1-c1cccc(F)c1.[2H]CF.[Na+].[OH-]. The number of ether oxygens (including phenoxy) is 2. The summed E-state index contributed by atoms with van der Waals surface area (Å²) < 4.78 is 85.0. The first kappa shape index (κ1) is 63.2. The van der Waals surface area contributed by atoms with E-state index in [0.29, 0.717) is 28.9 Å². The third-order valence-electron chi connectivity index (χ3n) is 7.06. The summed E-state index contributed by atoms with van der Waals surface area (Å²) in [5.41, 5.74) is 2.27. The summed E-state index contributed by atoms with van der Waals surface area (Å²) in [6.45, 7) is 4.16. The number of carbonyl (C=O) groups is 3. The van der Waals surface area contributed by atoms with E-state index in [1.807, 2.05) is 14.1 Å². The van der Waals surface area contributed by atoms with Crippen molar-refractivity contribution in [1.82, 2.24) is 15.2 Å². The average molecular weight is 989 g/mol. The van der Waals surface area contributed by atoms with Crippen LogP contribution in [0.1, 0.15) is 54.5 Å². The zero-order valence-electron chi connectivity index (χ0n) is 37.4. The molecule has 0 aliphatic rings. The summed E-state index contributed by atoms with van der Waals surface area (Å²) >= 11 is 5.40. The number of nitrogens with zero attached hydrogens (tertiary/aromatic N) is 5. The number of aromatic nitrogens is 2. The zero-order chi connectivity index (χ0) is 49.4. The molecule has 0 aliphatic heterocycles. The number of aromatic carboxylic acids is 1. The van der Waals surface area contributed by atoms with Gasteiger partial charge in [0, 0.05) is 43.1 Å². The van der Waals surface area contributed by atoms with Crippen LogP contribution in [-0.4, -0.2) is 100.0 Å². The van der Waals surface area contributed by atoms with Gasteiger partial charge in [0.2, 0.25) is 0 Å². The number of hydrogen-bond acceptors (Lipinski definition) is 15. The molecule has 2 heterocycles. The van der Waals surface area contributed by atoms with Gasteiger partial charge < -0.3 is 44.4 Å². The molecule has 4 N–H and O–H groups in total. The van der Waals surface area contributed by atoms with E-state index < -0.39 is 36.5 Å². The molecule has 0 spiro atoms. The van der Waals surface area contributed by atoms with Crippen LogP contribution in [0.25, 0.3) is 22.5 Å². The van der Waals surface area contributed by atoms with E-state index in [1.165, 1.54) is 85.3 Å². The smallest absolute Gasteiger partial charge is 0.870 e. The first-order valence-electron chi connectivity index (χ1n) is 19.0. The van der Waals surface area contributed by atoms with Crippen LogP contribution in [0.15, 0.2) is 141 Å². The summed E-state index contributed by atoms with van der Waals surface area (Å²) in [5.74, 6) is -3.59. The number of hydrogen-bond donors (Lipinski definition) is 3. The standard InChI is InChI=1S/C12H10FNO3.C10H6FNO3.C7H5ClFNO.C7H6FNO.C7H13NO2.CH3F.CH4.Na.H2O/c1-2-16-12(15)10-7-17-14-11(10)8-4-3-5-9(13)6-8;11-7-3-1-2-6(4-7)9-8(10(13)14)5-15-12-9;8-7(10-11)5-2-1-3-6(9)4-5;8-7-3-1-2-6(4-7)5-9-10;1-4-10-7(9)5-6-8(2)3;1-2;;;/h3-7H,2H2,1H3;1-5H,(H,13,14);1-4,11H;1-5,10H;5-6H,4H2,1-3H3;1H3;1H4;;1H2/q;;;;;;;+1;/p-1/b;;10-7-;9-5+;;;;;/i;;;;;1D;;;. The van der Waals surface area contributed by atoms with Gasteiger partial charge in [-0.15, -0.1) is 0 Å². The van der Waals surface area contributed by atoms with E-state index in [4.69, 9.17) is 37.8 Å². The third-order valence-corrected chi connectivity index (χ3v) is 7.36. The molecule has 0 bridgehead atoms. The number of carboxylic acid groups (broad SMARTS) is 1. The van der Waals surface area contributed by atoms with Crippen LogP contribution in [0.5, 0.6) is 0 Å². The van der Waals surface area contributed by atoms with Crippen LogP contribution < -0.4 is 29.6 Å². The molecule has 0 unspecified atom stereocenters. The Labute approximate surface area is 416 Å². The molecule has 0 atom stereocenters. The van der Waals surface area contributed by atoms with E-state index in [1.54, 1.807) is 55.3 Å². The number of halogens is 6. The molecule has 0 aliphatic carbocycles. The molecule has 362 valence electrons. The van der Waals surface area contributed by atoms with Gasteiger partial charge in [-0.1, -0.05) is 88.2 Å². The number of alkyl halides is 1. The van der Waals surface area contributed by atoms with Gasteiger partial charge in [-0.2, -0.15) is 0 Å². The van der Waals surface area contributed by atoms with Gasteiger partial charge in [0.05, 0.1) is 28.0 Å². The van der Waals surface area contributed by atoms with Crippen LogP contribution >= 0.6 is 11.6 Å². The fourth-order valence-electron chi connectivity index (χ4n) is 4.40. The topological polar surface area (TPSA) is 240 Å². The molecule has 0 fully saturated rings. The van der Waals surface area contributed by atoms with Crippen molar-refractivity contribution in [3.63, 3.8) is 0 Å². The Kier molecular flexibility index (Phi) is 34.6. The maximum absolute atomic E-state index is 13.1. The molecule has 0 radical (unpaired) electrons. The molecular formula is C45H48ClF5N5NaO11. The summed E-state index contributed by atoms with van der Waals surface area (Å²) in [7, 11) is 2.69. The molecule has 6 rings (SSSR count). The van der Waals surface area contributed by atoms with Crippen molar-refractivity contribution in [2.75, 3.05) is 34.5 Å². The molecule has 0 amide bonds. The largest absolute Gasteiger partial charge is 1.00 e. The number of benzene rings is 4. The quantitative estimate of drug-likeness (QED) is 0.0231. The Bertz CT molecular complexity index is 2500. The predicted molar refractivity (Wildman–Crippen MR) is 238 cm³/mol. The van der Waals surface area contributed by atoms with Crippen molar-refractivity contribution < 1.29 is 107 Å². The fourth-order valence-corrected chi connectivity index (χ4v) is 4.51. The third kappa shape index (κ3) is 25.1. The van der Waals surface area contributed by atoms with Crippen molar-refractivity contribution >= 4 is 40.9 Å². The molecule has 0 saturated carbocycles. The molecular weight excluding hydrogens is 940 g/mol. The Morgan fingerprint density at radius 3 is 1.66 bits per heavy atom. The first-order valence-corrected chi connectivity index (χ1v) is 18.7. The minimum absolute atomic E-state index is 0. The zero-order valence-corrected chi connectivity index (χ0v) is 39.2. The second-order valence-corrected chi connectivity index (χ2v) is 12.3. The van der Waals surface area contributed by atoms with Crippen molar-refractivity contribution in [2.45, 2.75) is 21.3 Å². The Hall–Kier alpha value is -6.91. The van der Waals surface area contributed by atoms with Crippen LogP contribution in [-0.2, 0) is 14.3 Å². The molecule has 16 nitrogen and oxygen atoms in total. The van der Waals surface area contributed by atoms with Crippen LogP contribution in [0.2, 0.25) is 0 Å². The number of carbonyl (C=O) groups excluding carboxylic acids is 2.